The number of ether oxygens (including phenoxy) is 2. The zero-order chi connectivity index (χ0) is 12.1. The fourth-order valence-corrected chi connectivity index (χ4v) is 0.327. The van der Waals surface area contributed by atoms with Crippen LogP contribution < -0.4 is 0 Å². The minimum atomic E-state index is -1.25. The molecule has 0 rings (SSSR count). The van der Waals surface area contributed by atoms with Gasteiger partial charge in [0.15, 0.2) is 0 Å². The second kappa shape index (κ2) is 12.5. The molecule has 0 aromatic carbocycles. The summed E-state index contributed by atoms with van der Waals surface area (Å²) in [4.78, 5) is 27.9. The number of carbonyl (C=O) groups excluding carboxylic acids is 1. The zero-order valence-electron chi connectivity index (χ0n) is 9.02. The third-order valence-corrected chi connectivity index (χ3v) is 1.05. The summed E-state index contributed by atoms with van der Waals surface area (Å²) in [6, 6.07) is 0. The monoisotopic (exact) mass is 224 g/mol. The maximum Gasteiger partial charge on any atom is 0.540 e. The first kappa shape index (κ1) is 15.9. The lowest BCUT2D eigenvalue weighted by molar-refractivity contribution is -0.253. The molecular weight excluding hydrogens is 208 g/mol. The molecule has 15 heavy (non-hydrogen) atoms. The van der Waals surface area contributed by atoms with Crippen molar-refractivity contribution in [2.45, 2.75) is 19.8 Å². The van der Waals surface area contributed by atoms with Crippen molar-refractivity contribution in [1.29, 1.82) is 0 Å². The van der Waals surface area contributed by atoms with E-state index in [2.05, 4.69) is 19.2 Å². The van der Waals surface area contributed by atoms with Gasteiger partial charge in [0, 0.05) is 0 Å². The molecule has 7 heteroatoms. The Balaban J connectivity index is 0. The molecule has 7 nitrogen and oxygen atoms in total. The van der Waals surface area contributed by atoms with Crippen molar-refractivity contribution in [3.63, 3.8) is 0 Å². The molecule has 0 bridgehead atoms. The molecule has 0 spiro atoms. The molecule has 90 valence electrons. The second-order valence-electron chi connectivity index (χ2n) is 2.18. The minimum absolute atomic E-state index is 0.422. The normalized spacial score (nSPS) is 8.20. The molecular formula is C8H16O7. The van der Waals surface area contributed by atoms with Gasteiger partial charge in [0.25, 0.3) is 0 Å². The van der Waals surface area contributed by atoms with Gasteiger partial charge in [-0.3, -0.25) is 4.89 Å². The molecule has 0 heterocycles. The Hall–Kier alpha value is -1.50. The lowest BCUT2D eigenvalue weighted by Crippen LogP contribution is -2.05. The van der Waals surface area contributed by atoms with Gasteiger partial charge in [0.1, 0.15) is 0 Å². The predicted molar refractivity (Wildman–Crippen MR) is 49.4 cm³/mol. The van der Waals surface area contributed by atoms with E-state index in [1.54, 1.807) is 0 Å². The molecule has 0 aromatic heterocycles. The average molecular weight is 224 g/mol. The van der Waals surface area contributed by atoms with E-state index in [1.165, 1.54) is 7.11 Å². The smallest absolute Gasteiger partial charge is 0.450 e. The fraction of sp³-hybridized carbons (Fsp3) is 0.750. The van der Waals surface area contributed by atoms with Crippen molar-refractivity contribution in [2.75, 3.05) is 20.8 Å². The Labute approximate surface area is 87.8 Å². The number of carboxylic acid groups (broad SMARTS) is 1. The van der Waals surface area contributed by atoms with Gasteiger partial charge in [0.05, 0.1) is 20.8 Å². The quantitative estimate of drug-likeness (QED) is 0.337. The summed E-state index contributed by atoms with van der Waals surface area (Å²) in [5, 5.41) is 7.50. The Morgan fingerprint density at radius 1 is 1.20 bits per heavy atom. The van der Waals surface area contributed by atoms with Crippen molar-refractivity contribution >= 4 is 12.3 Å². The first-order valence-corrected chi connectivity index (χ1v) is 4.22. The van der Waals surface area contributed by atoms with Crippen LogP contribution in [-0.4, -0.2) is 38.2 Å². The molecule has 0 fully saturated rings. The van der Waals surface area contributed by atoms with Crippen LogP contribution in [0.3, 0.4) is 0 Å². The highest BCUT2D eigenvalue weighted by Crippen LogP contribution is 1.90. The van der Waals surface area contributed by atoms with Crippen molar-refractivity contribution in [3.05, 3.63) is 0 Å². The van der Waals surface area contributed by atoms with Gasteiger partial charge in [-0.2, -0.15) is 4.89 Å². The summed E-state index contributed by atoms with van der Waals surface area (Å²) in [5.41, 5.74) is 0. The van der Waals surface area contributed by atoms with Crippen molar-refractivity contribution in [3.8, 4) is 0 Å². The Bertz CT molecular complexity index is 168. The number of rotatable bonds is 4. The van der Waals surface area contributed by atoms with Gasteiger partial charge >= 0.3 is 12.3 Å². The van der Waals surface area contributed by atoms with E-state index in [-0.39, 0.29) is 0 Å². The van der Waals surface area contributed by atoms with Gasteiger partial charge in [-0.1, -0.05) is 13.3 Å². The second-order valence-corrected chi connectivity index (χ2v) is 2.18. The van der Waals surface area contributed by atoms with Crippen LogP contribution in [0.1, 0.15) is 19.8 Å². The molecule has 0 aliphatic heterocycles. The van der Waals surface area contributed by atoms with Crippen LogP contribution in [0.4, 0.5) is 9.59 Å². The van der Waals surface area contributed by atoms with E-state index >= 15 is 0 Å². The number of unbranched alkanes of at least 4 members (excludes halogenated alkanes) is 1. The van der Waals surface area contributed by atoms with Gasteiger partial charge in [-0.15, -0.1) is 0 Å². The molecule has 0 atom stereocenters. The van der Waals surface area contributed by atoms with Crippen molar-refractivity contribution in [1.82, 2.24) is 0 Å². The van der Waals surface area contributed by atoms with Crippen LogP contribution in [0, 0.1) is 0 Å². The van der Waals surface area contributed by atoms with Crippen LogP contribution in [-0.2, 0) is 19.2 Å². The van der Waals surface area contributed by atoms with E-state index in [1.807, 2.05) is 6.92 Å². The number of hydrogen-bond acceptors (Lipinski definition) is 6. The SMILES string of the molecule is CCCCOOC(=O)OC.COC(=O)O. The topological polar surface area (TPSA) is 91.3 Å². The first-order valence-electron chi connectivity index (χ1n) is 4.22. The van der Waals surface area contributed by atoms with E-state index in [9.17, 15) is 4.79 Å². The molecule has 0 unspecified atom stereocenters. The molecule has 0 aromatic rings. The van der Waals surface area contributed by atoms with Crippen molar-refractivity contribution in [2.24, 2.45) is 0 Å². The largest absolute Gasteiger partial charge is 0.540 e. The van der Waals surface area contributed by atoms with Gasteiger partial charge in [-0.05, 0) is 6.42 Å². The van der Waals surface area contributed by atoms with Crippen LogP contribution in [0.25, 0.3) is 0 Å². The zero-order valence-corrected chi connectivity index (χ0v) is 9.02. The number of hydrogen-bond donors (Lipinski definition) is 1. The highest BCUT2D eigenvalue weighted by Gasteiger charge is 1.99. The third-order valence-electron chi connectivity index (χ3n) is 1.05. The maximum atomic E-state index is 10.2. The Morgan fingerprint density at radius 2 is 1.73 bits per heavy atom. The molecule has 0 aliphatic carbocycles. The van der Waals surface area contributed by atoms with Gasteiger partial charge in [-0.25, -0.2) is 9.59 Å². The van der Waals surface area contributed by atoms with Gasteiger partial charge < -0.3 is 14.6 Å². The standard InChI is InChI=1S/C6H12O4.C2H4O3/c1-3-4-5-9-10-6(7)8-2;1-5-2(3)4/h3-5H2,1-2H3;1H3,(H,3,4). The maximum absolute atomic E-state index is 10.2. The predicted octanol–water partition coefficient (Wildman–Crippen LogP) is 1.81. The summed E-state index contributed by atoms with van der Waals surface area (Å²) >= 11 is 0. The van der Waals surface area contributed by atoms with Crippen LogP contribution in [0.2, 0.25) is 0 Å². The number of carbonyl (C=O) groups is 2. The molecule has 0 saturated heterocycles. The average Bonchev–Trinajstić information content (AvgIpc) is 2.24. The molecule has 0 amide bonds. The summed E-state index contributed by atoms with van der Waals surface area (Å²) in [7, 11) is 2.33. The van der Waals surface area contributed by atoms with E-state index in [0.29, 0.717) is 6.61 Å². The molecule has 0 radical (unpaired) electrons. The van der Waals surface area contributed by atoms with Gasteiger partial charge in [0.2, 0.25) is 0 Å². The number of methoxy groups -OCH3 is 2. The third kappa shape index (κ3) is 19.1. The highest BCUT2D eigenvalue weighted by atomic mass is 17.2. The molecule has 0 saturated carbocycles. The van der Waals surface area contributed by atoms with Crippen LogP contribution >= 0.6 is 0 Å². The lowest BCUT2D eigenvalue weighted by atomic mass is 10.4. The Morgan fingerprint density at radius 3 is 2.07 bits per heavy atom. The van der Waals surface area contributed by atoms with E-state index in [4.69, 9.17) is 9.90 Å². The summed E-state index contributed by atoms with van der Waals surface area (Å²) in [6.45, 7) is 2.44. The highest BCUT2D eigenvalue weighted by molar-refractivity contribution is 5.58. The summed E-state index contributed by atoms with van der Waals surface area (Å²) in [6.07, 6.45) is -0.178. The molecule has 1 N–H and O–H groups in total. The van der Waals surface area contributed by atoms with Crippen molar-refractivity contribution < 1.29 is 33.9 Å². The van der Waals surface area contributed by atoms with Crippen LogP contribution in [0.15, 0.2) is 0 Å². The van der Waals surface area contributed by atoms with E-state index < -0.39 is 12.3 Å². The van der Waals surface area contributed by atoms with Crippen LogP contribution in [0.5, 0.6) is 0 Å². The summed E-state index contributed by atoms with van der Waals surface area (Å²) < 4.78 is 7.81. The first-order chi connectivity index (χ1) is 7.08. The lowest BCUT2D eigenvalue weighted by Gasteiger charge is -1.99. The minimum Gasteiger partial charge on any atom is -0.450 e. The fourth-order valence-electron chi connectivity index (χ4n) is 0.327. The summed E-state index contributed by atoms with van der Waals surface area (Å²) in [5.74, 6) is 0. The van der Waals surface area contributed by atoms with E-state index in [0.717, 1.165) is 20.0 Å². The molecule has 0 aliphatic rings. The Kier molecular flexibility index (Phi) is 13.3.